The first-order chi connectivity index (χ1) is 9.00. The Morgan fingerprint density at radius 1 is 1.26 bits per heavy atom. The topological polar surface area (TPSA) is 29.5 Å². The minimum Gasteiger partial charge on any atom is -0.392 e. The van der Waals surface area contributed by atoms with E-state index in [1.165, 1.54) is 12.1 Å². The lowest BCUT2D eigenvalue weighted by Gasteiger charge is -2.34. The molecule has 0 aliphatic carbocycles. The van der Waals surface area contributed by atoms with Crippen molar-refractivity contribution >= 4 is 0 Å². The highest BCUT2D eigenvalue weighted by molar-refractivity contribution is 5.25. The predicted octanol–water partition coefficient (Wildman–Crippen LogP) is 3.28. The third-order valence-corrected chi connectivity index (χ3v) is 4.32. The quantitative estimate of drug-likeness (QED) is 0.906. The number of hydrogen-bond acceptors (Lipinski definition) is 2. The van der Waals surface area contributed by atoms with Gasteiger partial charge in [0.2, 0.25) is 0 Å². The lowest BCUT2D eigenvalue weighted by Crippen LogP contribution is -2.36. The van der Waals surface area contributed by atoms with Gasteiger partial charge in [0.25, 0.3) is 0 Å². The Morgan fingerprint density at radius 3 is 2.42 bits per heavy atom. The highest BCUT2D eigenvalue weighted by Gasteiger charge is 2.32. The van der Waals surface area contributed by atoms with E-state index in [9.17, 15) is 9.50 Å². The Hall–Kier alpha value is -0.930. The number of rotatable bonds is 4. The van der Waals surface area contributed by atoms with Crippen molar-refractivity contribution in [3.05, 3.63) is 35.6 Å². The second kappa shape index (κ2) is 6.02. The van der Waals surface area contributed by atoms with E-state index in [4.69, 9.17) is 4.74 Å². The molecule has 1 aliphatic rings. The molecule has 0 bridgehead atoms. The zero-order valence-electron chi connectivity index (χ0n) is 11.7. The number of aliphatic hydroxyl groups is 1. The van der Waals surface area contributed by atoms with Gasteiger partial charge in [-0.1, -0.05) is 26.0 Å². The smallest absolute Gasteiger partial charge is 0.123 e. The molecule has 2 nitrogen and oxygen atoms in total. The minimum atomic E-state index is -0.416. The Bertz CT molecular complexity index is 394. The highest BCUT2D eigenvalue weighted by Crippen LogP contribution is 2.32. The van der Waals surface area contributed by atoms with Gasteiger partial charge in [0.15, 0.2) is 0 Å². The molecule has 1 aromatic carbocycles. The molecule has 1 heterocycles. The van der Waals surface area contributed by atoms with Gasteiger partial charge in [-0.15, -0.1) is 0 Å². The second-order valence-electron chi connectivity index (χ2n) is 6.04. The molecular weight excluding hydrogens is 243 g/mol. The van der Waals surface area contributed by atoms with E-state index >= 15 is 0 Å². The van der Waals surface area contributed by atoms with E-state index in [0.717, 1.165) is 38.0 Å². The van der Waals surface area contributed by atoms with E-state index in [-0.39, 0.29) is 11.2 Å². The van der Waals surface area contributed by atoms with Gasteiger partial charge in [0.05, 0.1) is 6.10 Å². The fourth-order valence-corrected chi connectivity index (χ4v) is 2.66. The molecule has 1 aliphatic heterocycles. The third-order valence-electron chi connectivity index (χ3n) is 4.32. The second-order valence-corrected chi connectivity index (χ2v) is 6.04. The maximum atomic E-state index is 13.0. The van der Waals surface area contributed by atoms with E-state index in [1.54, 1.807) is 12.1 Å². The highest BCUT2D eigenvalue weighted by atomic mass is 19.1. The summed E-state index contributed by atoms with van der Waals surface area (Å²) in [5.41, 5.74) is 0.625. The fraction of sp³-hybridized carbons (Fsp3) is 0.625. The van der Waals surface area contributed by atoms with Crippen molar-refractivity contribution in [1.29, 1.82) is 0 Å². The molecule has 19 heavy (non-hydrogen) atoms. The lowest BCUT2D eigenvalue weighted by molar-refractivity contribution is 0.0245. The van der Waals surface area contributed by atoms with Gasteiger partial charge >= 0.3 is 0 Å². The van der Waals surface area contributed by atoms with E-state index < -0.39 is 6.10 Å². The maximum absolute atomic E-state index is 13.0. The van der Waals surface area contributed by atoms with Crippen LogP contribution in [0.4, 0.5) is 4.39 Å². The summed E-state index contributed by atoms with van der Waals surface area (Å²) in [7, 11) is 0. The van der Waals surface area contributed by atoms with Gasteiger partial charge in [-0.2, -0.15) is 0 Å². The normalized spacial score (nSPS) is 19.4. The molecule has 2 rings (SSSR count). The first-order valence-electron chi connectivity index (χ1n) is 7.02. The Morgan fingerprint density at radius 2 is 1.84 bits per heavy atom. The zero-order chi connectivity index (χ0) is 13.9. The largest absolute Gasteiger partial charge is 0.392 e. The summed E-state index contributed by atoms with van der Waals surface area (Å²) >= 11 is 0. The molecule has 1 unspecified atom stereocenters. The Labute approximate surface area is 114 Å². The van der Waals surface area contributed by atoms with Gasteiger partial charge in [0, 0.05) is 18.6 Å². The molecule has 1 atom stereocenters. The van der Waals surface area contributed by atoms with Gasteiger partial charge in [-0.3, -0.25) is 0 Å². The van der Waals surface area contributed by atoms with Crippen molar-refractivity contribution in [2.24, 2.45) is 5.92 Å². The van der Waals surface area contributed by atoms with Gasteiger partial charge in [0.1, 0.15) is 5.82 Å². The maximum Gasteiger partial charge on any atom is 0.123 e. The number of halogens is 1. The molecule has 0 aromatic heterocycles. The number of ether oxygens (including phenoxy) is 1. The SMILES string of the molecule is CC(C)(c1ccc(F)cc1)C(O)CC1CCOCC1. The van der Waals surface area contributed by atoms with Crippen molar-refractivity contribution < 1.29 is 14.2 Å². The van der Waals surface area contributed by atoms with Crippen molar-refractivity contribution in [1.82, 2.24) is 0 Å². The zero-order valence-corrected chi connectivity index (χ0v) is 11.7. The van der Waals surface area contributed by atoms with E-state index in [0.29, 0.717) is 5.92 Å². The molecule has 0 saturated carbocycles. The number of hydrogen-bond donors (Lipinski definition) is 1. The van der Waals surface area contributed by atoms with Crippen LogP contribution in [0.15, 0.2) is 24.3 Å². The molecule has 1 aromatic rings. The molecule has 0 amide bonds. The summed E-state index contributed by atoms with van der Waals surface area (Å²) in [4.78, 5) is 0. The number of aliphatic hydroxyl groups excluding tert-OH is 1. The average molecular weight is 266 g/mol. The minimum absolute atomic E-state index is 0.238. The van der Waals surface area contributed by atoms with Crippen LogP contribution in [-0.4, -0.2) is 24.4 Å². The number of benzene rings is 1. The molecule has 3 heteroatoms. The summed E-state index contributed by atoms with van der Waals surface area (Å²) in [5, 5.41) is 10.5. The van der Waals surface area contributed by atoms with Crippen LogP contribution in [0.2, 0.25) is 0 Å². The van der Waals surface area contributed by atoms with E-state index in [1.807, 2.05) is 13.8 Å². The van der Waals surface area contributed by atoms with Crippen LogP contribution in [0.25, 0.3) is 0 Å². The third kappa shape index (κ3) is 3.54. The Balaban J connectivity index is 2.02. The monoisotopic (exact) mass is 266 g/mol. The predicted molar refractivity (Wildman–Crippen MR) is 73.6 cm³/mol. The summed E-state index contributed by atoms with van der Waals surface area (Å²) < 4.78 is 18.3. The Kier molecular flexibility index (Phi) is 4.58. The standard InChI is InChI=1S/C16H23FO2/c1-16(2,13-3-5-14(17)6-4-13)15(18)11-12-7-9-19-10-8-12/h3-6,12,15,18H,7-11H2,1-2H3. The molecule has 106 valence electrons. The van der Waals surface area contributed by atoms with Crippen molar-refractivity contribution in [2.45, 2.75) is 44.6 Å². The van der Waals surface area contributed by atoms with Gasteiger partial charge in [-0.25, -0.2) is 4.39 Å². The van der Waals surface area contributed by atoms with Crippen LogP contribution in [0.5, 0.6) is 0 Å². The molecule has 0 radical (unpaired) electrons. The fourth-order valence-electron chi connectivity index (χ4n) is 2.66. The molecule has 1 fully saturated rings. The van der Waals surface area contributed by atoms with Crippen LogP contribution in [0.1, 0.15) is 38.7 Å². The van der Waals surface area contributed by atoms with Crippen molar-refractivity contribution in [3.63, 3.8) is 0 Å². The summed E-state index contributed by atoms with van der Waals surface area (Å²) in [6, 6.07) is 6.45. The van der Waals surface area contributed by atoms with Crippen LogP contribution < -0.4 is 0 Å². The summed E-state index contributed by atoms with van der Waals surface area (Å²) in [6.07, 6.45) is 2.42. The first kappa shape index (κ1) is 14.5. The van der Waals surface area contributed by atoms with Crippen molar-refractivity contribution in [3.8, 4) is 0 Å². The lowest BCUT2D eigenvalue weighted by atomic mass is 9.75. The summed E-state index contributed by atoms with van der Waals surface area (Å²) in [6.45, 7) is 5.64. The molecule has 1 saturated heterocycles. The van der Waals surface area contributed by atoms with Gasteiger partial charge in [-0.05, 0) is 42.9 Å². The summed E-state index contributed by atoms with van der Waals surface area (Å²) in [5.74, 6) is 0.293. The van der Waals surface area contributed by atoms with Crippen LogP contribution >= 0.6 is 0 Å². The van der Waals surface area contributed by atoms with E-state index in [2.05, 4.69) is 0 Å². The van der Waals surface area contributed by atoms with Crippen LogP contribution in [0.3, 0.4) is 0 Å². The average Bonchev–Trinajstić information content (AvgIpc) is 2.40. The molecule has 0 spiro atoms. The van der Waals surface area contributed by atoms with Crippen LogP contribution in [0, 0.1) is 11.7 Å². The molecule has 1 N–H and O–H groups in total. The van der Waals surface area contributed by atoms with Gasteiger partial charge < -0.3 is 9.84 Å². The van der Waals surface area contributed by atoms with Crippen LogP contribution in [-0.2, 0) is 10.2 Å². The molecular formula is C16H23FO2. The first-order valence-corrected chi connectivity index (χ1v) is 7.02. The van der Waals surface area contributed by atoms with Crippen molar-refractivity contribution in [2.75, 3.05) is 13.2 Å².